The molecule has 5 rings (SSSR count). The number of hydrogen-bond acceptors (Lipinski definition) is 6. The summed E-state index contributed by atoms with van der Waals surface area (Å²) in [5.74, 6) is 2.05. The first-order chi connectivity index (χ1) is 14.8. The van der Waals surface area contributed by atoms with Crippen molar-refractivity contribution < 1.29 is 9.13 Å². The first kappa shape index (κ1) is 18.5. The molecule has 0 spiro atoms. The number of nitrogens with zero attached hydrogens (tertiary/aromatic N) is 6. The molecule has 0 saturated carbocycles. The molecule has 4 heterocycles. The van der Waals surface area contributed by atoms with Crippen LogP contribution in [0.15, 0.2) is 60.8 Å². The molecule has 3 aromatic heterocycles. The Balaban J connectivity index is 1.29. The van der Waals surface area contributed by atoms with Crippen molar-refractivity contribution in [2.45, 2.75) is 12.8 Å². The van der Waals surface area contributed by atoms with Crippen LogP contribution in [0.5, 0.6) is 5.88 Å². The third-order valence-corrected chi connectivity index (χ3v) is 5.41. The van der Waals surface area contributed by atoms with E-state index in [0.717, 1.165) is 31.7 Å². The predicted molar refractivity (Wildman–Crippen MR) is 111 cm³/mol. The number of rotatable bonds is 5. The molecule has 8 heteroatoms. The second-order valence-electron chi connectivity index (χ2n) is 7.37. The molecule has 30 heavy (non-hydrogen) atoms. The first-order valence-corrected chi connectivity index (χ1v) is 10.0. The van der Waals surface area contributed by atoms with Crippen LogP contribution in [0, 0.1) is 11.7 Å². The second kappa shape index (κ2) is 8.06. The van der Waals surface area contributed by atoms with Gasteiger partial charge in [0, 0.05) is 25.4 Å². The SMILES string of the molecule is Fc1ccccc1-c1nnc2ccc(N3CCC(COc4ccccn4)CC3)nn12. The molecule has 0 N–H and O–H groups in total. The van der Waals surface area contributed by atoms with Gasteiger partial charge in [0.25, 0.3) is 0 Å². The van der Waals surface area contributed by atoms with Crippen LogP contribution in [0.3, 0.4) is 0 Å². The number of pyridine rings is 1. The van der Waals surface area contributed by atoms with E-state index in [4.69, 9.17) is 9.84 Å². The maximum atomic E-state index is 14.2. The largest absolute Gasteiger partial charge is 0.477 e. The van der Waals surface area contributed by atoms with Crippen LogP contribution < -0.4 is 9.64 Å². The standard InChI is InChI=1S/C22H21FN6O/c23-18-6-2-1-5-17(18)22-26-25-19-8-9-20(27-29(19)22)28-13-10-16(11-14-28)15-30-21-7-3-4-12-24-21/h1-9,12,16H,10-11,13-15H2. The maximum Gasteiger partial charge on any atom is 0.213 e. The van der Waals surface area contributed by atoms with Gasteiger partial charge in [-0.05, 0) is 49.1 Å². The zero-order valence-corrected chi connectivity index (χ0v) is 16.4. The van der Waals surface area contributed by atoms with E-state index in [2.05, 4.69) is 20.1 Å². The van der Waals surface area contributed by atoms with Crippen LogP contribution in [0.25, 0.3) is 17.0 Å². The Kier molecular flexibility index (Phi) is 4.96. The van der Waals surface area contributed by atoms with Crippen molar-refractivity contribution in [3.05, 3.63) is 66.6 Å². The summed E-state index contributed by atoms with van der Waals surface area (Å²) >= 11 is 0. The highest BCUT2D eigenvalue weighted by Gasteiger charge is 2.22. The van der Waals surface area contributed by atoms with Gasteiger partial charge in [-0.3, -0.25) is 0 Å². The zero-order valence-electron chi connectivity index (χ0n) is 16.4. The average molecular weight is 404 g/mol. The fourth-order valence-corrected chi connectivity index (χ4v) is 3.72. The Morgan fingerprint density at radius 3 is 2.60 bits per heavy atom. The number of fused-ring (bicyclic) bond motifs is 1. The van der Waals surface area contributed by atoms with E-state index < -0.39 is 0 Å². The van der Waals surface area contributed by atoms with Crippen molar-refractivity contribution >= 4 is 11.5 Å². The molecule has 1 saturated heterocycles. The smallest absolute Gasteiger partial charge is 0.213 e. The number of benzene rings is 1. The molecule has 152 valence electrons. The fraction of sp³-hybridized carbons (Fsp3) is 0.273. The molecule has 0 unspecified atom stereocenters. The number of hydrogen-bond donors (Lipinski definition) is 0. The van der Waals surface area contributed by atoms with Crippen molar-refractivity contribution in [2.24, 2.45) is 5.92 Å². The van der Waals surface area contributed by atoms with Crippen LogP contribution in [0.2, 0.25) is 0 Å². The van der Waals surface area contributed by atoms with E-state index in [9.17, 15) is 4.39 Å². The van der Waals surface area contributed by atoms with E-state index in [0.29, 0.717) is 35.4 Å². The minimum Gasteiger partial charge on any atom is -0.477 e. The van der Waals surface area contributed by atoms with Gasteiger partial charge in [0.05, 0.1) is 12.2 Å². The zero-order chi connectivity index (χ0) is 20.3. The van der Waals surface area contributed by atoms with Gasteiger partial charge in [-0.2, -0.15) is 4.52 Å². The van der Waals surface area contributed by atoms with Crippen LogP contribution in [0.4, 0.5) is 10.2 Å². The van der Waals surface area contributed by atoms with Gasteiger partial charge in [0.2, 0.25) is 5.88 Å². The summed E-state index contributed by atoms with van der Waals surface area (Å²) in [5, 5.41) is 13.0. The molecule has 4 aromatic rings. The van der Waals surface area contributed by atoms with Gasteiger partial charge in [-0.25, -0.2) is 9.37 Å². The summed E-state index contributed by atoms with van der Waals surface area (Å²) in [7, 11) is 0. The predicted octanol–water partition coefficient (Wildman–Crippen LogP) is 3.62. The Labute approximate surface area is 173 Å². The van der Waals surface area contributed by atoms with Crippen molar-refractivity contribution in [2.75, 3.05) is 24.6 Å². The highest BCUT2D eigenvalue weighted by molar-refractivity contribution is 5.60. The lowest BCUT2D eigenvalue weighted by Gasteiger charge is -2.32. The van der Waals surface area contributed by atoms with Crippen LogP contribution >= 0.6 is 0 Å². The van der Waals surface area contributed by atoms with E-state index in [1.807, 2.05) is 30.3 Å². The molecular formula is C22H21FN6O. The average Bonchev–Trinajstić information content (AvgIpc) is 3.22. The Bertz CT molecular complexity index is 1140. The second-order valence-corrected chi connectivity index (χ2v) is 7.37. The molecule has 0 bridgehead atoms. The number of aromatic nitrogens is 5. The molecule has 1 aliphatic rings. The monoisotopic (exact) mass is 404 g/mol. The molecule has 1 aliphatic heterocycles. The lowest BCUT2D eigenvalue weighted by Crippen LogP contribution is -2.36. The lowest BCUT2D eigenvalue weighted by molar-refractivity contribution is 0.216. The number of piperidine rings is 1. The van der Waals surface area contributed by atoms with Crippen molar-refractivity contribution in [3.8, 4) is 17.3 Å². The number of halogens is 1. The molecule has 0 amide bonds. The maximum absolute atomic E-state index is 14.2. The summed E-state index contributed by atoms with van der Waals surface area (Å²) in [5.41, 5.74) is 0.982. The quantitative estimate of drug-likeness (QED) is 0.506. The van der Waals surface area contributed by atoms with Gasteiger partial charge in [-0.1, -0.05) is 18.2 Å². The molecule has 0 radical (unpaired) electrons. The summed E-state index contributed by atoms with van der Waals surface area (Å²) < 4.78 is 21.7. The molecule has 1 aromatic carbocycles. The molecule has 0 aliphatic carbocycles. The van der Waals surface area contributed by atoms with Gasteiger partial charge in [-0.15, -0.1) is 15.3 Å². The van der Waals surface area contributed by atoms with Crippen LogP contribution in [-0.4, -0.2) is 44.5 Å². The molecule has 1 fully saturated rings. The van der Waals surface area contributed by atoms with Crippen molar-refractivity contribution in [1.29, 1.82) is 0 Å². The van der Waals surface area contributed by atoms with Gasteiger partial charge in [0.1, 0.15) is 11.6 Å². The van der Waals surface area contributed by atoms with Gasteiger partial charge < -0.3 is 9.64 Å². The third-order valence-electron chi connectivity index (χ3n) is 5.41. The van der Waals surface area contributed by atoms with E-state index in [1.165, 1.54) is 6.07 Å². The summed E-state index contributed by atoms with van der Waals surface area (Å²) in [6.45, 7) is 2.43. The van der Waals surface area contributed by atoms with E-state index in [-0.39, 0.29) is 5.82 Å². The molecule has 7 nitrogen and oxygen atoms in total. The lowest BCUT2D eigenvalue weighted by atomic mass is 9.98. The minimum absolute atomic E-state index is 0.340. The third kappa shape index (κ3) is 3.68. The van der Waals surface area contributed by atoms with Gasteiger partial charge in [0.15, 0.2) is 11.5 Å². The van der Waals surface area contributed by atoms with Gasteiger partial charge >= 0.3 is 0 Å². The fourth-order valence-electron chi connectivity index (χ4n) is 3.72. The van der Waals surface area contributed by atoms with Crippen LogP contribution in [0.1, 0.15) is 12.8 Å². The first-order valence-electron chi connectivity index (χ1n) is 10.0. The summed E-state index contributed by atoms with van der Waals surface area (Å²) in [4.78, 5) is 6.44. The summed E-state index contributed by atoms with van der Waals surface area (Å²) in [6, 6.07) is 16.0. The van der Waals surface area contributed by atoms with Crippen LogP contribution in [-0.2, 0) is 0 Å². The topological polar surface area (TPSA) is 68.4 Å². The van der Waals surface area contributed by atoms with E-state index >= 15 is 0 Å². The Morgan fingerprint density at radius 1 is 0.967 bits per heavy atom. The number of ether oxygens (including phenoxy) is 1. The highest BCUT2D eigenvalue weighted by atomic mass is 19.1. The minimum atomic E-state index is -0.340. The Morgan fingerprint density at radius 2 is 1.80 bits per heavy atom. The van der Waals surface area contributed by atoms with Crippen molar-refractivity contribution in [3.63, 3.8) is 0 Å². The summed E-state index contributed by atoms with van der Waals surface area (Å²) in [6.07, 6.45) is 3.75. The molecule has 0 atom stereocenters. The number of anilines is 1. The normalized spacial score (nSPS) is 14.9. The van der Waals surface area contributed by atoms with E-state index in [1.54, 1.807) is 28.9 Å². The van der Waals surface area contributed by atoms with Crippen molar-refractivity contribution in [1.82, 2.24) is 24.8 Å². The Hall–Kier alpha value is -3.55. The highest BCUT2D eigenvalue weighted by Crippen LogP contribution is 2.25. The molecular weight excluding hydrogens is 383 g/mol.